The SMILES string of the molecule is Cc1csc2c(C)c3oc(=O)cc(-c4ccccc4)c3cc12. The van der Waals surface area contributed by atoms with Crippen molar-refractivity contribution in [3.05, 3.63) is 69.4 Å². The van der Waals surface area contributed by atoms with E-state index >= 15 is 0 Å². The van der Waals surface area contributed by atoms with Gasteiger partial charge in [0.2, 0.25) is 0 Å². The molecule has 0 saturated carbocycles. The summed E-state index contributed by atoms with van der Waals surface area (Å²) in [5, 5.41) is 4.38. The summed E-state index contributed by atoms with van der Waals surface area (Å²) >= 11 is 1.70. The van der Waals surface area contributed by atoms with Crippen molar-refractivity contribution in [1.29, 1.82) is 0 Å². The molecule has 4 rings (SSSR count). The molecule has 0 unspecified atom stereocenters. The second kappa shape index (κ2) is 4.82. The minimum absolute atomic E-state index is 0.304. The molecule has 0 aliphatic carbocycles. The summed E-state index contributed by atoms with van der Waals surface area (Å²) in [5.41, 5.74) is 4.66. The summed E-state index contributed by atoms with van der Waals surface area (Å²) < 4.78 is 6.72. The number of thiophene rings is 1. The monoisotopic (exact) mass is 306 g/mol. The second-order valence-corrected chi connectivity index (χ2v) is 6.40. The van der Waals surface area contributed by atoms with E-state index in [1.54, 1.807) is 17.4 Å². The summed E-state index contributed by atoms with van der Waals surface area (Å²) in [6.45, 7) is 4.14. The maximum absolute atomic E-state index is 12.0. The standard InChI is InChI=1S/C19H14O2S/c1-11-10-22-19-12(2)18-16(8-14(11)19)15(9-17(20)21-18)13-6-4-3-5-7-13/h3-10H,1-2H3. The third-order valence-corrected chi connectivity index (χ3v) is 5.31. The zero-order chi connectivity index (χ0) is 15.3. The summed E-state index contributed by atoms with van der Waals surface area (Å²) in [5.74, 6) is 0. The zero-order valence-corrected chi connectivity index (χ0v) is 13.2. The first-order chi connectivity index (χ1) is 10.6. The van der Waals surface area contributed by atoms with Crippen LogP contribution in [0.25, 0.3) is 32.2 Å². The van der Waals surface area contributed by atoms with Gasteiger partial charge in [0.1, 0.15) is 5.58 Å². The fourth-order valence-electron chi connectivity index (χ4n) is 2.95. The summed E-state index contributed by atoms with van der Waals surface area (Å²) in [7, 11) is 0. The Morgan fingerprint density at radius 2 is 1.77 bits per heavy atom. The first-order valence-corrected chi connectivity index (χ1v) is 8.04. The lowest BCUT2D eigenvalue weighted by Gasteiger charge is -2.09. The van der Waals surface area contributed by atoms with Crippen LogP contribution >= 0.6 is 11.3 Å². The number of benzene rings is 2. The molecule has 2 aromatic heterocycles. The van der Waals surface area contributed by atoms with E-state index in [-0.39, 0.29) is 5.63 Å². The van der Waals surface area contributed by atoms with Gasteiger partial charge in [0.15, 0.2) is 0 Å². The second-order valence-electron chi connectivity index (χ2n) is 5.52. The molecule has 0 fully saturated rings. The molecule has 0 radical (unpaired) electrons. The van der Waals surface area contributed by atoms with Gasteiger partial charge in [-0.25, -0.2) is 4.79 Å². The number of hydrogen-bond acceptors (Lipinski definition) is 3. The predicted molar refractivity (Wildman–Crippen MR) is 92.8 cm³/mol. The topological polar surface area (TPSA) is 30.2 Å². The molecular weight excluding hydrogens is 292 g/mol. The van der Waals surface area contributed by atoms with Crippen LogP contribution in [-0.2, 0) is 0 Å². The Hall–Kier alpha value is -2.39. The molecule has 2 heterocycles. The molecule has 0 saturated heterocycles. The van der Waals surface area contributed by atoms with Crippen LogP contribution in [0.2, 0.25) is 0 Å². The van der Waals surface area contributed by atoms with Gasteiger partial charge >= 0.3 is 5.63 Å². The molecule has 0 N–H and O–H groups in total. The molecule has 0 spiro atoms. The van der Waals surface area contributed by atoms with Crippen molar-refractivity contribution in [2.24, 2.45) is 0 Å². The van der Waals surface area contributed by atoms with Gasteiger partial charge in [0.25, 0.3) is 0 Å². The number of rotatable bonds is 1. The van der Waals surface area contributed by atoms with E-state index in [1.165, 1.54) is 15.6 Å². The largest absolute Gasteiger partial charge is 0.422 e. The Morgan fingerprint density at radius 1 is 1.00 bits per heavy atom. The van der Waals surface area contributed by atoms with Gasteiger partial charge in [-0.2, -0.15) is 0 Å². The number of fused-ring (bicyclic) bond motifs is 2. The predicted octanol–water partition coefficient (Wildman–Crippen LogP) is 5.29. The minimum Gasteiger partial charge on any atom is -0.422 e. The van der Waals surface area contributed by atoms with Gasteiger partial charge in [-0.1, -0.05) is 30.3 Å². The van der Waals surface area contributed by atoms with Gasteiger partial charge in [0, 0.05) is 21.7 Å². The van der Waals surface area contributed by atoms with Gasteiger partial charge in [-0.15, -0.1) is 11.3 Å². The van der Waals surface area contributed by atoms with Crippen LogP contribution in [0.15, 0.2) is 57.1 Å². The maximum Gasteiger partial charge on any atom is 0.336 e. The van der Waals surface area contributed by atoms with Crippen molar-refractivity contribution < 1.29 is 4.42 Å². The Balaban J connectivity index is 2.22. The van der Waals surface area contributed by atoms with Crippen LogP contribution in [0.5, 0.6) is 0 Å². The van der Waals surface area contributed by atoms with Crippen LogP contribution in [0, 0.1) is 13.8 Å². The molecule has 2 nitrogen and oxygen atoms in total. The van der Waals surface area contributed by atoms with Crippen molar-refractivity contribution in [2.75, 3.05) is 0 Å². The van der Waals surface area contributed by atoms with Crippen LogP contribution in [0.1, 0.15) is 11.1 Å². The van der Waals surface area contributed by atoms with E-state index in [0.29, 0.717) is 5.58 Å². The van der Waals surface area contributed by atoms with Crippen molar-refractivity contribution >= 4 is 32.4 Å². The summed E-state index contributed by atoms with van der Waals surface area (Å²) in [4.78, 5) is 12.0. The van der Waals surface area contributed by atoms with E-state index in [4.69, 9.17) is 4.42 Å². The molecule has 4 aromatic rings. The highest BCUT2D eigenvalue weighted by atomic mass is 32.1. The third-order valence-electron chi connectivity index (χ3n) is 4.08. The van der Waals surface area contributed by atoms with Crippen molar-refractivity contribution in [1.82, 2.24) is 0 Å². The Kier molecular flexibility index (Phi) is 2.91. The first-order valence-electron chi connectivity index (χ1n) is 7.16. The lowest BCUT2D eigenvalue weighted by Crippen LogP contribution is -1.99. The maximum atomic E-state index is 12.0. The molecule has 0 bridgehead atoms. The first kappa shape index (κ1) is 13.3. The number of aryl methyl sites for hydroxylation is 2. The van der Waals surface area contributed by atoms with Crippen LogP contribution < -0.4 is 5.63 Å². The zero-order valence-electron chi connectivity index (χ0n) is 12.3. The quantitative estimate of drug-likeness (QED) is 0.447. The molecule has 108 valence electrons. The minimum atomic E-state index is -0.304. The fraction of sp³-hybridized carbons (Fsp3) is 0.105. The molecule has 22 heavy (non-hydrogen) atoms. The molecular formula is C19H14O2S. The number of hydrogen-bond donors (Lipinski definition) is 0. The highest BCUT2D eigenvalue weighted by Gasteiger charge is 2.14. The van der Waals surface area contributed by atoms with Crippen LogP contribution in [0.4, 0.5) is 0 Å². The molecule has 3 heteroatoms. The Labute approximate surface area is 131 Å². The normalized spacial score (nSPS) is 11.4. The van der Waals surface area contributed by atoms with Crippen LogP contribution in [-0.4, -0.2) is 0 Å². The molecule has 0 atom stereocenters. The lowest BCUT2D eigenvalue weighted by molar-refractivity contribution is 0.560. The van der Waals surface area contributed by atoms with E-state index in [0.717, 1.165) is 22.1 Å². The van der Waals surface area contributed by atoms with Gasteiger partial charge in [-0.3, -0.25) is 0 Å². The smallest absolute Gasteiger partial charge is 0.336 e. The van der Waals surface area contributed by atoms with Crippen molar-refractivity contribution in [2.45, 2.75) is 13.8 Å². The summed E-state index contributed by atoms with van der Waals surface area (Å²) in [6, 6.07) is 13.7. The van der Waals surface area contributed by atoms with E-state index in [9.17, 15) is 4.79 Å². The highest BCUT2D eigenvalue weighted by Crippen LogP contribution is 2.37. The van der Waals surface area contributed by atoms with Gasteiger partial charge in [-0.05, 0) is 47.4 Å². The Bertz CT molecular complexity index is 1060. The van der Waals surface area contributed by atoms with Crippen molar-refractivity contribution in [3.63, 3.8) is 0 Å². The molecule has 0 aliphatic heterocycles. The molecule has 2 aromatic carbocycles. The van der Waals surface area contributed by atoms with E-state index in [2.05, 4.69) is 18.4 Å². The lowest BCUT2D eigenvalue weighted by atomic mass is 9.98. The van der Waals surface area contributed by atoms with E-state index in [1.807, 2.05) is 37.3 Å². The summed E-state index contributed by atoms with van der Waals surface area (Å²) in [6.07, 6.45) is 0. The molecule has 0 aliphatic rings. The average molecular weight is 306 g/mol. The van der Waals surface area contributed by atoms with Crippen LogP contribution in [0.3, 0.4) is 0 Å². The highest BCUT2D eigenvalue weighted by molar-refractivity contribution is 7.17. The van der Waals surface area contributed by atoms with Gasteiger partial charge in [0.05, 0.1) is 0 Å². The average Bonchev–Trinajstić information content (AvgIpc) is 2.90. The van der Waals surface area contributed by atoms with Crippen molar-refractivity contribution in [3.8, 4) is 11.1 Å². The van der Waals surface area contributed by atoms with E-state index < -0.39 is 0 Å². The Morgan fingerprint density at radius 3 is 2.55 bits per heavy atom. The third kappa shape index (κ3) is 1.90. The van der Waals surface area contributed by atoms with Gasteiger partial charge < -0.3 is 4.42 Å². The fourth-order valence-corrected chi connectivity index (χ4v) is 3.99. The molecule has 0 amide bonds.